The molecule has 3 heteroatoms. The molecular formula is C10H14N2S. The summed E-state index contributed by atoms with van der Waals surface area (Å²) in [6.45, 7) is 1.98. The zero-order valence-electron chi connectivity index (χ0n) is 7.70. The van der Waals surface area contributed by atoms with Gasteiger partial charge in [0.05, 0.1) is 11.4 Å². The molecule has 0 aliphatic carbocycles. The predicted octanol–water partition coefficient (Wildman–Crippen LogP) is 2.31. The second-order valence-electron chi connectivity index (χ2n) is 2.84. The number of hydrogen-bond acceptors (Lipinski definition) is 3. The zero-order chi connectivity index (χ0) is 9.68. The molecule has 0 amide bonds. The molecule has 0 unspecified atom stereocenters. The molecule has 2 N–H and O–H groups in total. The van der Waals surface area contributed by atoms with E-state index in [1.54, 1.807) is 6.20 Å². The fraction of sp³-hybridized carbons (Fsp3) is 0.300. The maximum atomic E-state index is 5.83. The molecule has 0 saturated carbocycles. The van der Waals surface area contributed by atoms with E-state index in [0.717, 1.165) is 29.1 Å². The summed E-state index contributed by atoms with van der Waals surface area (Å²) in [5, 5.41) is 0. The van der Waals surface area contributed by atoms with E-state index in [1.165, 1.54) is 0 Å². The Morgan fingerprint density at radius 2 is 2.38 bits per heavy atom. The van der Waals surface area contributed by atoms with E-state index in [2.05, 4.69) is 17.6 Å². The molecule has 70 valence electrons. The number of rotatable bonds is 3. The number of nitrogens with two attached hydrogens (primary N) is 1. The standard InChI is InChI=1S/C10H14N2S/c1-8-5-6-12-9(10(8)11)4-2-3-7-13/h2,4-6,13H,3,7,11H2,1H3. The molecule has 0 aliphatic rings. The molecule has 0 saturated heterocycles. The number of hydrogen-bond donors (Lipinski definition) is 2. The van der Waals surface area contributed by atoms with Crippen LogP contribution in [-0.4, -0.2) is 10.7 Å². The van der Waals surface area contributed by atoms with Crippen molar-refractivity contribution in [1.29, 1.82) is 0 Å². The van der Waals surface area contributed by atoms with Gasteiger partial charge in [0.25, 0.3) is 0 Å². The lowest BCUT2D eigenvalue weighted by Crippen LogP contribution is -1.95. The average molecular weight is 194 g/mol. The predicted molar refractivity (Wildman–Crippen MR) is 60.9 cm³/mol. The van der Waals surface area contributed by atoms with Gasteiger partial charge >= 0.3 is 0 Å². The van der Waals surface area contributed by atoms with Crippen molar-refractivity contribution in [2.24, 2.45) is 0 Å². The molecule has 0 atom stereocenters. The SMILES string of the molecule is Cc1ccnc(C=CCCS)c1N. The third kappa shape index (κ3) is 2.77. The first-order chi connectivity index (χ1) is 6.25. The van der Waals surface area contributed by atoms with Gasteiger partial charge in [-0.15, -0.1) is 0 Å². The van der Waals surface area contributed by atoms with Crippen LogP contribution in [0.4, 0.5) is 5.69 Å². The van der Waals surface area contributed by atoms with Crippen molar-refractivity contribution in [1.82, 2.24) is 4.98 Å². The van der Waals surface area contributed by atoms with E-state index >= 15 is 0 Å². The van der Waals surface area contributed by atoms with Crippen LogP contribution in [0.3, 0.4) is 0 Å². The Labute approximate surface area is 84.3 Å². The van der Waals surface area contributed by atoms with Gasteiger partial charge in [-0.2, -0.15) is 12.6 Å². The summed E-state index contributed by atoms with van der Waals surface area (Å²) in [4.78, 5) is 4.17. The van der Waals surface area contributed by atoms with E-state index in [-0.39, 0.29) is 0 Å². The Morgan fingerprint density at radius 3 is 3.08 bits per heavy atom. The van der Waals surface area contributed by atoms with Crippen LogP contribution < -0.4 is 5.73 Å². The van der Waals surface area contributed by atoms with Crippen LogP contribution in [0.1, 0.15) is 17.7 Å². The molecule has 13 heavy (non-hydrogen) atoms. The molecule has 0 radical (unpaired) electrons. The second kappa shape index (κ2) is 4.92. The van der Waals surface area contributed by atoms with Crippen LogP contribution in [-0.2, 0) is 0 Å². The first-order valence-corrected chi connectivity index (χ1v) is 4.87. The minimum atomic E-state index is 0.762. The van der Waals surface area contributed by atoms with Crippen LogP contribution in [0, 0.1) is 6.92 Å². The number of pyridine rings is 1. The van der Waals surface area contributed by atoms with Gasteiger partial charge in [-0.1, -0.05) is 6.08 Å². The number of thiol groups is 1. The third-order valence-electron chi connectivity index (χ3n) is 1.81. The highest BCUT2D eigenvalue weighted by Crippen LogP contribution is 2.14. The van der Waals surface area contributed by atoms with E-state index in [0.29, 0.717) is 0 Å². The van der Waals surface area contributed by atoms with Crippen LogP contribution in [0.2, 0.25) is 0 Å². The van der Waals surface area contributed by atoms with Gasteiger partial charge in [0, 0.05) is 6.20 Å². The van der Waals surface area contributed by atoms with E-state index in [4.69, 9.17) is 5.73 Å². The van der Waals surface area contributed by atoms with Crippen molar-refractivity contribution in [3.8, 4) is 0 Å². The second-order valence-corrected chi connectivity index (χ2v) is 3.29. The summed E-state index contributed by atoms with van der Waals surface area (Å²) in [5.74, 6) is 0.849. The highest BCUT2D eigenvalue weighted by Gasteiger charge is 1.97. The van der Waals surface area contributed by atoms with Gasteiger partial charge < -0.3 is 5.73 Å². The van der Waals surface area contributed by atoms with Crippen molar-refractivity contribution in [2.75, 3.05) is 11.5 Å². The van der Waals surface area contributed by atoms with Gasteiger partial charge in [0.2, 0.25) is 0 Å². The first-order valence-electron chi connectivity index (χ1n) is 4.24. The van der Waals surface area contributed by atoms with Crippen LogP contribution >= 0.6 is 12.6 Å². The van der Waals surface area contributed by atoms with Gasteiger partial charge in [0.1, 0.15) is 0 Å². The highest BCUT2D eigenvalue weighted by atomic mass is 32.1. The maximum Gasteiger partial charge on any atom is 0.0858 e. The number of aryl methyl sites for hydroxylation is 1. The number of anilines is 1. The topological polar surface area (TPSA) is 38.9 Å². The van der Waals surface area contributed by atoms with Crippen LogP contribution in [0.5, 0.6) is 0 Å². The number of allylic oxidation sites excluding steroid dienone is 1. The average Bonchev–Trinajstić information content (AvgIpc) is 2.13. The lowest BCUT2D eigenvalue weighted by atomic mass is 10.2. The van der Waals surface area contributed by atoms with Gasteiger partial charge in [-0.25, -0.2) is 0 Å². The lowest BCUT2D eigenvalue weighted by Gasteiger charge is -2.01. The Balaban J connectivity index is 2.83. The fourth-order valence-corrected chi connectivity index (χ4v) is 1.14. The Hall–Kier alpha value is -0.960. The molecule has 1 rings (SSSR count). The summed E-state index contributed by atoms with van der Waals surface area (Å²) in [6.07, 6.45) is 6.69. The van der Waals surface area contributed by atoms with Crippen molar-refractivity contribution >= 4 is 24.4 Å². The zero-order valence-corrected chi connectivity index (χ0v) is 8.59. The summed E-state index contributed by atoms with van der Waals surface area (Å²) in [7, 11) is 0. The smallest absolute Gasteiger partial charge is 0.0858 e. The normalized spacial score (nSPS) is 10.9. The minimum absolute atomic E-state index is 0.762. The molecule has 1 aromatic heterocycles. The van der Waals surface area contributed by atoms with Gasteiger partial charge in [-0.3, -0.25) is 4.98 Å². The molecule has 0 aromatic carbocycles. The molecular weight excluding hydrogens is 180 g/mol. The molecule has 0 aliphatic heterocycles. The summed E-state index contributed by atoms with van der Waals surface area (Å²) < 4.78 is 0. The Morgan fingerprint density at radius 1 is 1.62 bits per heavy atom. The quantitative estimate of drug-likeness (QED) is 0.725. The van der Waals surface area contributed by atoms with E-state index in [9.17, 15) is 0 Å². The van der Waals surface area contributed by atoms with Crippen molar-refractivity contribution < 1.29 is 0 Å². The van der Waals surface area contributed by atoms with Gasteiger partial charge in [-0.05, 0) is 36.8 Å². The summed E-state index contributed by atoms with van der Waals surface area (Å²) >= 11 is 4.11. The number of nitrogens with zero attached hydrogens (tertiary/aromatic N) is 1. The highest BCUT2D eigenvalue weighted by molar-refractivity contribution is 7.80. The van der Waals surface area contributed by atoms with Crippen molar-refractivity contribution in [3.05, 3.63) is 29.6 Å². The summed E-state index contributed by atoms with van der Waals surface area (Å²) in [6, 6.07) is 1.91. The Bertz CT molecular complexity index is 308. The lowest BCUT2D eigenvalue weighted by molar-refractivity contribution is 1.23. The third-order valence-corrected chi connectivity index (χ3v) is 2.07. The molecule has 0 fully saturated rings. The largest absolute Gasteiger partial charge is 0.397 e. The van der Waals surface area contributed by atoms with E-state index in [1.807, 2.05) is 25.1 Å². The molecule has 2 nitrogen and oxygen atoms in total. The van der Waals surface area contributed by atoms with Crippen LogP contribution in [0.15, 0.2) is 18.3 Å². The summed E-state index contributed by atoms with van der Waals surface area (Å²) in [5.41, 5.74) is 8.51. The molecule has 1 heterocycles. The molecule has 0 spiro atoms. The maximum absolute atomic E-state index is 5.83. The van der Waals surface area contributed by atoms with Crippen molar-refractivity contribution in [2.45, 2.75) is 13.3 Å². The van der Waals surface area contributed by atoms with Crippen molar-refractivity contribution in [3.63, 3.8) is 0 Å². The van der Waals surface area contributed by atoms with Crippen LogP contribution in [0.25, 0.3) is 6.08 Å². The van der Waals surface area contributed by atoms with E-state index < -0.39 is 0 Å². The van der Waals surface area contributed by atoms with Gasteiger partial charge in [0.15, 0.2) is 0 Å². The minimum Gasteiger partial charge on any atom is -0.397 e. The number of nitrogen functional groups attached to an aromatic ring is 1. The Kier molecular flexibility index (Phi) is 3.83. The number of aromatic nitrogens is 1. The monoisotopic (exact) mass is 194 g/mol. The fourth-order valence-electron chi connectivity index (χ4n) is 0.993. The first kappa shape index (κ1) is 10.1. The molecule has 0 bridgehead atoms. The molecule has 1 aromatic rings.